The van der Waals surface area contributed by atoms with Crippen molar-refractivity contribution >= 4 is 28.3 Å². The molecule has 0 saturated carbocycles. The number of unbranched alkanes of at least 4 members (excludes halogenated alkanes) is 1. The molecule has 2 saturated heterocycles. The van der Waals surface area contributed by atoms with Gasteiger partial charge >= 0.3 is 0 Å². The summed E-state index contributed by atoms with van der Waals surface area (Å²) in [6, 6.07) is 11.1. The number of aromatic nitrogens is 1. The highest BCUT2D eigenvalue weighted by Crippen LogP contribution is 2.39. The van der Waals surface area contributed by atoms with E-state index in [1.54, 1.807) is 19.4 Å². The van der Waals surface area contributed by atoms with Gasteiger partial charge in [-0.05, 0) is 55.6 Å². The van der Waals surface area contributed by atoms with Gasteiger partial charge in [-0.1, -0.05) is 31.0 Å². The molecule has 1 aromatic heterocycles. The molecule has 0 amide bonds. The molecule has 2 aliphatic heterocycles. The molecule has 7 nitrogen and oxygen atoms in total. The topological polar surface area (TPSA) is 70.1 Å². The van der Waals surface area contributed by atoms with Gasteiger partial charge in [0, 0.05) is 54.0 Å². The lowest BCUT2D eigenvalue weighted by atomic mass is 9.85. The molecule has 0 radical (unpaired) electrons. The second-order valence-electron chi connectivity index (χ2n) is 10.7. The fourth-order valence-corrected chi connectivity index (χ4v) is 5.58. The molecule has 0 N–H and O–H groups in total. The monoisotopic (exact) mass is 552 g/mol. The highest BCUT2D eigenvalue weighted by atomic mass is 35.5. The smallest absolute Gasteiger partial charge is 0.163 e. The molecule has 2 aromatic carbocycles. The number of hydrogen-bond acceptors (Lipinski definition) is 7. The molecule has 0 atom stereocenters. The first-order valence-corrected chi connectivity index (χ1v) is 14.2. The molecule has 1 spiro atoms. The Bertz CT molecular complexity index is 1310. The average molecular weight is 553 g/mol. The maximum absolute atomic E-state index is 12.2. The van der Waals surface area contributed by atoms with Crippen LogP contribution in [0.2, 0.25) is 5.02 Å². The van der Waals surface area contributed by atoms with E-state index in [0.29, 0.717) is 52.9 Å². The summed E-state index contributed by atoms with van der Waals surface area (Å²) in [5, 5.41) is 1.33. The van der Waals surface area contributed by atoms with E-state index in [0.717, 1.165) is 68.6 Å². The van der Waals surface area contributed by atoms with Crippen molar-refractivity contribution in [3.8, 4) is 23.0 Å². The lowest BCUT2D eigenvalue weighted by Crippen LogP contribution is -2.44. The van der Waals surface area contributed by atoms with Crippen LogP contribution in [0, 0.1) is 5.41 Å². The zero-order valence-corrected chi connectivity index (χ0v) is 23.6. The van der Waals surface area contributed by atoms with E-state index in [1.807, 2.05) is 30.3 Å². The summed E-state index contributed by atoms with van der Waals surface area (Å²) in [5.74, 6) is 2.72. The third-order valence-corrected chi connectivity index (χ3v) is 8.00. The van der Waals surface area contributed by atoms with E-state index in [1.165, 1.54) is 6.42 Å². The predicted molar refractivity (Wildman–Crippen MR) is 152 cm³/mol. The number of pyridine rings is 1. The minimum absolute atomic E-state index is 0.200. The lowest BCUT2D eigenvalue weighted by molar-refractivity contribution is -0.118. The van der Waals surface area contributed by atoms with Crippen molar-refractivity contribution in [2.24, 2.45) is 5.41 Å². The number of methoxy groups -OCH3 is 1. The van der Waals surface area contributed by atoms with Gasteiger partial charge in [0.05, 0.1) is 32.4 Å². The normalized spacial score (nSPS) is 16.4. The number of benzene rings is 2. The van der Waals surface area contributed by atoms with Crippen LogP contribution < -0.4 is 14.2 Å². The number of halogens is 1. The number of ketones is 1. The number of carbonyl (C=O) groups excluding carboxylic acids is 1. The van der Waals surface area contributed by atoms with Crippen LogP contribution in [-0.2, 0) is 16.0 Å². The van der Waals surface area contributed by atoms with Gasteiger partial charge in [-0.3, -0.25) is 9.78 Å². The second kappa shape index (κ2) is 12.5. The minimum atomic E-state index is 0.200. The predicted octanol–water partition coefficient (Wildman–Crippen LogP) is 6.48. The molecule has 3 heterocycles. The SMILES string of the molecule is CCCCC(=O)Cc1ccc(Oc2ccnc3cc(OCCCN4CCC5(COC5)C4)c(OC)cc23)cc1Cl. The van der Waals surface area contributed by atoms with Crippen molar-refractivity contribution in [2.45, 2.75) is 45.4 Å². The van der Waals surface area contributed by atoms with E-state index in [-0.39, 0.29) is 5.78 Å². The summed E-state index contributed by atoms with van der Waals surface area (Å²) in [7, 11) is 1.63. The zero-order valence-electron chi connectivity index (χ0n) is 22.8. The highest BCUT2D eigenvalue weighted by molar-refractivity contribution is 6.31. The maximum Gasteiger partial charge on any atom is 0.163 e. The molecule has 8 heteroatoms. The summed E-state index contributed by atoms with van der Waals surface area (Å²) in [6.45, 7) is 7.78. The van der Waals surface area contributed by atoms with Gasteiger partial charge in [-0.15, -0.1) is 0 Å². The Morgan fingerprint density at radius 3 is 2.72 bits per heavy atom. The van der Waals surface area contributed by atoms with Crippen LogP contribution in [0.4, 0.5) is 0 Å². The molecule has 39 heavy (non-hydrogen) atoms. The summed E-state index contributed by atoms with van der Waals surface area (Å²) in [4.78, 5) is 19.2. The number of rotatable bonds is 13. The van der Waals surface area contributed by atoms with Crippen molar-refractivity contribution in [3.05, 3.63) is 53.2 Å². The molecule has 5 rings (SSSR count). The number of carbonyl (C=O) groups is 1. The number of hydrogen-bond donors (Lipinski definition) is 0. The Kier molecular flexibility index (Phi) is 8.90. The number of nitrogens with zero attached hydrogens (tertiary/aromatic N) is 2. The third kappa shape index (κ3) is 6.65. The third-order valence-electron chi connectivity index (χ3n) is 7.65. The summed E-state index contributed by atoms with van der Waals surface area (Å²) in [6.07, 6.45) is 6.71. The average Bonchev–Trinajstić information content (AvgIpc) is 3.37. The molecular weight excluding hydrogens is 516 g/mol. The summed E-state index contributed by atoms with van der Waals surface area (Å²) < 4.78 is 23.4. The molecule has 208 valence electrons. The lowest BCUT2D eigenvalue weighted by Gasteiger charge is -2.37. The van der Waals surface area contributed by atoms with Crippen LogP contribution in [0.1, 0.15) is 44.6 Å². The molecule has 0 bridgehead atoms. The van der Waals surface area contributed by atoms with E-state index in [9.17, 15) is 4.79 Å². The number of Topliss-reactive ketones (excluding diaryl/α,β-unsaturated/α-hetero) is 1. The Morgan fingerprint density at radius 1 is 1.13 bits per heavy atom. The van der Waals surface area contributed by atoms with Crippen LogP contribution in [0.15, 0.2) is 42.6 Å². The highest BCUT2D eigenvalue weighted by Gasteiger charge is 2.43. The standard InChI is InChI=1S/C31H37ClN2O5/c1-3-4-6-23(35)15-22-7-8-24(16-26(22)32)39-28-9-11-33-27-18-30(29(36-2)17-25(27)28)38-14-5-12-34-13-10-31(19-34)20-37-21-31/h7-9,11,16-18H,3-6,10,12-15,19-21H2,1-2H3. The van der Waals surface area contributed by atoms with Crippen molar-refractivity contribution in [3.63, 3.8) is 0 Å². The van der Waals surface area contributed by atoms with Gasteiger partial charge < -0.3 is 23.8 Å². The van der Waals surface area contributed by atoms with E-state index in [2.05, 4.69) is 16.8 Å². The van der Waals surface area contributed by atoms with Gasteiger partial charge in [0.25, 0.3) is 0 Å². The Labute approximate surface area is 235 Å². The Morgan fingerprint density at radius 2 is 2.00 bits per heavy atom. The number of fused-ring (bicyclic) bond motifs is 1. The van der Waals surface area contributed by atoms with E-state index in [4.69, 9.17) is 30.5 Å². The van der Waals surface area contributed by atoms with Crippen LogP contribution in [0.3, 0.4) is 0 Å². The Balaban J connectivity index is 1.22. The molecule has 0 aliphatic carbocycles. The van der Waals surface area contributed by atoms with Crippen molar-refractivity contribution in [1.29, 1.82) is 0 Å². The summed E-state index contributed by atoms with van der Waals surface area (Å²) >= 11 is 6.50. The number of ether oxygens (including phenoxy) is 4. The van der Waals surface area contributed by atoms with Gasteiger partial charge in [0.2, 0.25) is 0 Å². The fourth-order valence-electron chi connectivity index (χ4n) is 5.34. The van der Waals surface area contributed by atoms with Crippen LogP contribution in [0.25, 0.3) is 10.9 Å². The maximum atomic E-state index is 12.2. The molecular formula is C31H37ClN2O5. The zero-order chi connectivity index (χ0) is 27.2. The first-order valence-electron chi connectivity index (χ1n) is 13.9. The number of likely N-dealkylation sites (tertiary alicyclic amines) is 1. The van der Waals surface area contributed by atoms with Crippen molar-refractivity contribution < 1.29 is 23.7 Å². The van der Waals surface area contributed by atoms with Crippen LogP contribution in [0.5, 0.6) is 23.0 Å². The molecule has 3 aromatic rings. The van der Waals surface area contributed by atoms with Gasteiger partial charge in [0.15, 0.2) is 11.5 Å². The van der Waals surface area contributed by atoms with Gasteiger partial charge in [-0.2, -0.15) is 0 Å². The van der Waals surface area contributed by atoms with Crippen LogP contribution >= 0.6 is 11.6 Å². The van der Waals surface area contributed by atoms with Crippen molar-refractivity contribution in [1.82, 2.24) is 9.88 Å². The minimum Gasteiger partial charge on any atom is -0.493 e. The van der Waals surface area contributed by atoms with E-state index >= 15 is 0 Å². The second-order valence-corrected chi connectivity index (χ2v) is 11.1. The molecule has 2 fully saturated rings. The molecule has 2 aliphatic rings. The van der Waals surface area contributed by atoms with Gasteiger partial charge in [-0.25, -0.2) is 0 Å². The summed E-state index contributed by atoms with van der Waals surface area (Å²) in [5.41, 5.74) is 1.97. The van der Waals surface area contributed by atoms with Crippen LogP contribution in [-0.4, -0.2) is 62.2 Å². The fraction of sp³-hybridized carbons (Fsp3) is 0.484. The van der Waals surface area contributed by atoms with E-state index < -0.39 is 0 Å². The largest absolute Gasteiger partial charge is 0.493 e. The first kappa shape index (κ1) is 27.7. The Hall–Kier alpha value is -2.87. The van der Waals surface area contributed by atoms with Gasteiger partial charge in [0.1, 0.15) is 17.3 Å². The van der Waals surface area contributed by atoms with Crippen molar-refractivity contribution in [2.75, 3.05) is 46.6 Å². The first-order chi connectivity index (χ1) is 19.0. The molecule has 0 unspecified atom stereocenters. The quantitative estimate of drug-likeness (QED) is 0.225.